The first-order chi connectivity index (χ1) is 12.2. The van der Waals surface area contributed by atoms with Crippen LogP contribution in [0.5, 0.6) is 0 Å². The number of carbonyl (C=O) groups is 1. The number of nitrogens with two attached hydrogens (primary N) is 1. The summed E-state index contributed by atoms with van der Waals surface area (Å²) < 4.78 is 7.12. The first-order valence-electron chi connectivity index (χ1n) is 8.69. The van der Waals surface area contributed by atoms with Gasteiger partial charge < -0.3 is 15.5 Å². The lowest BCUT2D eigenvalue weighted by molar-refractivity contribution is 0.0974. The van der Waals surface area contributed by atoms with Crippen LogP contribution in [-0.4, -0.2) is 26.3 Å². The molecule has 0 aromatic carbocycles. The van der Waals surface area contributed by atoms with E-state index in [0.29, 0.717) is 6.04 Å². The second-order valence-electron chi connectivity index (χ2n) is 5.80. The molecule has 0 aliphatic heterocycles. The summed E-state index contributed by atoms with van der Waals surface area (Å²) in [4.78, 5) is 20.1. The number of nitrogens with zero attached hydrogens (tertiary/aromatic N) is 3. The van der Waals surface area contributed by atoms with Gasteiger partial charge in [0, 0.05) is 24.0 Å². The lowest BCUT2D eigenvalue weighted by Crippen LogP contribution is -2.16. The number of furan rings is 1. The van der Waals surface area contributed by atoms with Crippen LogP contribution in [0.1, 0.15) is 50.1 Å². The quantitative estimate of drug-likeness (QED) is 0.757. The smallest absolute Gasteiger partial charge is 0.284 e. The Morgan fingerprint density at radius 3 is 2.76 bits per heavy atom. The first-order valence-corrected chi connectivity index (χ1v) is 8.69. The van der Waals surface area contributed by atoms with Crippen molar-refractivity contribution < 1.29 is 9.21 Å². The summed E-state index contributed by atoms with van der Waals surface area (Å²) >= 11 is 0. The summed E-state index contributed by atoms with van der Waals surface area (Å²) in [5.74, 6) is 0.316. The second kappa shape index (κ2) is 7.38. The highest BCUT2D eigenvalue weighted by atomic mass is 16.3. The van der Waals surface area contributed by atoms with E-state index in [4.69, 9.17) is 10.2 Å². The average Bonchev–Trinajstić information content (AvgIpc) is 3.38. The predicted molar refractivity (Wildman–Crippen MR) is 96.4 cm³/mol. The van der Waals surface area contributed by atoms with E-state index >= 15 is 0 Å². The lowest BCUT2D eigenvalue weighted by atomic mass is 10.2. The van der Waals surface area contributed by atoms with Crippen molar-refractivity contribution in [3.8, 4) is 11.3 Å². The Bertz CT molecular complexity index is 861. The third kappa shape index (κ3) is 3.35. The number of amides is 1. The van der Waals surface area contributed by atoms with Gasteiger partial charge in [0.1, 0.15) is 6.26 Å². The number of primary amides is 1. The summed E-state index contributed by atoms with van der Waals surface area (Å²) in [7, 11) is 0. The van der Waals surface area contributed by atoms with Gasteiger partial charge in [0.05, 0.1) is 11.9 Å². The molecule has 1 saturated carbocycles. The molecule has 1 aliphatic carbocycles. The van der Waals surface area contributed by atoms with E-state index in [1.807, 2.05) is 24.4 Å². The first kappa shape index (κ1) is 17.0. The van der Waals surface area contributed by atoms with Gasteiger partial charge in [-0.2, -0.15) is 0 Å². The molecule has 3 aromatic heterocycles. The SMILES string of the molecule is CC.NC(=O)c1cc(-c2cnc(NC3CCCC3)c3nccn23)co1. The van der Waals surface area contributed by atoms with Crippen LogP contribution >= 0.6 is 0 Å². The Morgan fingerprint density at radius 2 is 2.08 bits per heavy atom. The molecule has 0 spiro atoms. The molecule has 1 fully saturated rings. The topological polar surface area (TPSA) is 98.5 Å². The van der Waals surface area contributed by atoms with E-state index in [1.54, 1.807) is 18.5 Å². The van der Waals surface area contributed by atoms with Gasteiger partial charge in [0.25, 0.3) is 5.91 Å². The molecule has 4 rings (SSSR count). The molecule has 25 heavy (non-hydrogen) atoms. The Labute approximate surface area is 146 Å². The molecule has 0 saturated heterocycles. The number of aromatic nitrogens is 3. The van der Waals surface area contributed by atoms with Crippen molar-refractivity contribution in [3.05, 3.63) is 36.7 Å². The number of hydrogen-bond acceptors (Lipinski definition) is 5. The molecule has 3 N–H and O–H groups in total. The molecule has 0 atom stereocenters. The molecule has 1 aliphatic rings. The van der Waals surface area contributed by atoms with Crippen molar-refractivity contribution in [2.45, 2.75) is 45.6 Å². The molecule has 3 aromatic rings. The number of fused-ring (bicyclic) bond motifs is 1. The fourth-order valence-corrected chi connectivity index (χ4v) is 3.10. The van der Waals surface area contributed by atoms with Crippen molar-refractivity contribution in [1.82, 2.24) is 14.4 Å². The van der Waals surface area contributed by atoms with E-state index in [2.05, 4.69) is 15.3 Å². The molecular formula is C18H23N5O2. The molecule has 0 radical (unpaired) electrons. The van der Waals surface area contributed by atoms with Crippen molar-refractivity contribution in [2.75, 3.05) is 5.32 Å². The summed E-state index contributed by atoms with van der Waals surface area (Å²) in [6.07, 6.45) is 11.7. The molecular weight excluding hydrogens is 318 g/mol. The van der Waals surface area contributed by atoms with Crippen LogP contribution in [-0.2, 0) is 0 Å². The molecule has 132 valence electrons. The Hall–Kier alpha value is -2.83. The average molecular weight is 341 g/mol. The number of anilines is 1. The van der Waals surface area contributed by atoms with Crippen LogP contribution in [0.2, 0.25) is 0 Å². The maximum atomic E-state index is 11.2. The van der Waals surface area contributed by atoms with Crippen molar-refractivity contribution in [3.63, 3.8) is 0 Å². The highest BCUT2D eigenvalue weighted by Gasteiger charge is 2.18. The molecule has 3 heterocycles. The molecule has 0 unspecified atom stereocenters. The third-order valence-electron chi connectivity index (χ3n) is 4.26. The van der Waals surface area contributed by atoms with E-state index in [9.17, 15) is 4.79 Å². The van der Waals surface area contributed by atoms with Gasteiger partial charge in [-0.1, -0.05) is 26.7 Å². The Balaban J connectivity index is 0.000000880. The van der Waals surface area contributed by atoms with Gasteiger partial charge in [-0.05, 0) is 18.9 Å². The Morgan fingerprint density at radius 1 is 1.32 bits per heavy atom. The summed E-state index contributed by atoms with van der Waals surface area (Å²) in [5.41, 5.74) is 7.53. The standard InChI is InChI=1S/C16H17N5O2.C2H6/c17-14(22)13-7-10(9-23-13)12-8-19-15(16-18-5-6-21(12)16)20-11-3-1-2-4-11;1-2/h5-9,11H,1-4H2,(H2,17,22)(H,19,20);1-2H3. The highest BCUT2D eigenvalue weighted by molar-refractivity contribution is 5.91. The normalized spacial score (nSPS) is 14.3. The minimum atomic E-state index is -0.592. The molecule has 7 heteroatoms. The van der Waals surface area contributed by atoms with Crippen LogP contribution in [0.25, 0.3) is 16.9 Å². The fourth-order valence-electron chi connectivity index (χ4n) is 3.10. The van der Waals surface area contributed by atoms with E-state index in [0.717, 1.165) is 22.7 Å². The van der Waals surface area contributed by atoms with E-state index in [1.165, 1.54) is 31.9 Å². The van der Waals surface area contributed by atoms with Gasteiger partial charge in [-0.25, -0.2) is 9.97 Å². The third-order valence-corrected chi connectivity index (χ3v) is 4.26. The van der Waals surface area contributed by atoms with Gasteiger partial charge in [-0.15, -0.1) is 0 Å². The second-order valence-corrected chi connectivity index (χ2v) is 5.80. The number of nitrogens with one attached hydrogen (secondary N) is 1. The van der Waals surface area contributed by atoms with Gasteiger partial charge in [0.15, 0.2) is 17.2 Å². The molecule has 1 amide bonds. The zero-order valence-electron chi connectivity index (χ0n) is 14.5. The fraction of sp³-hybridized carbons (Fsp3) is 0.389. The zero-order chi connectivity index (χ0) is 17.8. The largest absolute Gasteiger partial charge is 0.458 e. The molecule has 0 bridgehead atoms. The van der Waals surface area contributed by atoms with Crippen LogP contribution in [0, 0.1) is 0 Å². The number of hydrogen-bond donors (Lipinski definition) is 2. The van der Waals surface area contributed by atoms with Gasteiger partial charge in [-0.3, -0.25) is 9.20 Å². The van der Waals surface area contributed by atoms with Crippen LogP contribution < -0.4 is 11.1 Å². The van der Waals surface area contributed by atoms with Gasteiger partial charge in [0.2, 0.25) is 0 Å². The minimum absolute atomic E-state index is 0.126. The molecule has 7 nitrogen and oxygen atoms in total. The Kier molecular flexibility index (Phi) is 5.02. The van der Waals surface area contributed by atoms with E-state index in [-0.39, 0.29) is 5.76 Å². The van der Waals surface area contributed by atoms with Crippen LogP contribution in [0.3, 0.4) is 0 Å². The van der Waals surface area contributed by atoms with Crippen molar-refractivity contribution in [2.24, 2.45) is 5.73 Å². The maximum Gasteiger partial charge on any atom is 0.284 e. The minimum Gasteiger partial charge on any atom is -0.458 e. The highest BCUT2D eigenvalue weighted by Crippen LogP contribution is 2.27. The summed E-state index contributed by atoms with van der Waals surface area (Å²) in [6, 6.07) is 2.08. The van der Waals surface area contributed by atoms with E-state index < -0.39 is 5.91 Å². The summed E-state index contributed by atoms with van der Waals surface area (Å²) in [5, 5.41) is 3.48. The lowest BCUT2D eigenvalue weighted by Gasteiger charge is -2.14. The van der Waals surface area contributed by atoms with Crippen molar-refractivity contribution in [1.29, 1.82) is 0 Å². The van der Waals surface area contributed by atoms with Crippen LogP contribution in [0.15, 0.2) is 35.3 Å². The zero-order valence-corrected chi connectivity index (χ0v) is 14.5. The van der Waals surface area contributed by atoms with Gasteiger partial charge >= 0.3 is 0 Å². The number of imidazole rings is 1. The maximum absolute atomic E-state index is 11.2. The van der Waals surface area contributed by atoms with Crippen molar-refractivity contribution >= 4 is 17.4 Å². The predicted octanol–water partition coefficient (Wildman–Crippen LogP) is 3.47. The number of carbonyl (C=O) groups excluding carboxylic acids is 1. The van der Waals surface area contributed by atoms with Crippen LogP contribution in [0.4, 0.5) is 5.82 Å². The summed E-state index contributed by atoms with van der Waals surface area (Å²) in [6.45, 7) is 4.00. The monoisotopic (exact) mass is 341 g/mol. The number of rotatable bonds is 4.